The minimum Gasteiger partial charge on any atom is -0.450 e. The van der Waals surface area contributed by atoms with Gasteiger partial charge in [0.05, 0.1) is 12.8 Å². The molecule has 0 spiro atoms. The van der Waals surface area contributed by atoms with Crippen LogP contribution in [0.1, 0.15) is 6.92 Å². The summed E-state index contributed by atoms with van der Waals surface area (Å²) in [5.41, 5.74) is 5.31. The molecular formula is C10H19N5O3. The van der Waals surface area contributed by atoms with E-state index in [1.165, 1.54) is 0 Å². The third-order valence-electron chi connectivity index (χ3n) is 3.08. The van der Waals surface area contributed by atoms with Crippen LogP contribution in [0.4, 0.5) is 9.59 Å². The molecular weight excluding hydrogens is 238 g/mol. The Labute approximate surface area is 106 Å². The van der Waals surface area contributed by atoms with Gasteiger partial charge in [0, 0.05) is 32.7 Å². The van der Waals surface area contributed by atoms with E-state index in [1.807, 2.05) is 0 Å². The first-order chi connectivity index (χ1) is 8.70. The van der Waals surface area contributed by atoms with Crippen molar-refractivity contribution in [3.05, 3.63) is 0 Å². The lowest BCUT2D eigenvalue weighted by molar-refractivity contribution is 0.0567. The smallest absolute Gasteiger partial charge is 0.409 e. The van der Waals surface area contributed by atoms with Crippen molar-refractivity contribution < 1.29 is 14.3 Å². The molecule has 8 nitrogen and oxygen atoms in total. The standard InChI is InChI=1S/C10H19N5O3/c1-2-18-10(17)15-5-3-14(4-6-15)8-7-11-13-9(16)12-8/h8,11H,2-7H2,1H3,(H2,12,13,16). The lowest BCUT2D eigenvalue weighted by Gasteiger charge is -2.40. The second-order valence-electron chi connectivity index (χ2n) is 4.22. The van der Waals surface area contributed by atoms with Gasteiger partial charge in [-0.3, -0.25) is 10.3 Å². The Morgan fingerprint density at radius 3 is 2.72 bits per heavy atom. The molecule has 0 aliphatic carbocycles. The number of hydrogen-bond donors (Lipinski definition) is 3. The van der Waals surface area contributed by atoms with Gasteiger partial charge in [-0.15, -0.1) is 0 Å². The summed E-state index contributed by atoms with van der Waals surface area (Å²) in [7, 11) is 0. The van der Waals surface area contributed by atoms with Crippen molar-refractivity contribution in [2.75, 3.05) is 39.3 Å². The van der Waals surface area contributed by atoms with Gasteiger partial charge in [0.15, 0.2) is 0 Å². The molecule has 2 heterocycles. The fourth-order valence-corrected chi connectivity index (χ4v) is 2.12. The Balaban J connectivity index is 1.79. The van der Waals surface area contributed by atoms with Gasteiger partial charge in [0.25, 0.3) is 0 Å². The fourth-order valence-electron chi connectivity index (χ4n) is 2.12. The van der Waals surface area contributed by atoms with E-state index in [9.17, 15) is 9.59 Å². The number of hydrazine groups is 1. The predicted octanol–water partition coefficient (Wildman–Crippen LogP) is -1.10. The average molecular weight is 257 g/mol. The summed E-state index contributed by atoms with van der Waals surface area (Å²) < 4.78 is 4.96. The first kappa shape index (κ1) is 12.9. The normalized spacial score (nSPS) is 25.3. The molecule has 2 aliphatic rings. The molecule has 0 saturated carbocycles. The summed E-state index contributed by atoms with van der Waals surface area (Å²) in [6.07, 6.45) is -0.285. The molecule has 1 atom stereocenters. The Morgan fingerprint density at radius 2 is 2.11 bits per heavy atom. The number of piperazine rings is 1. The van der Waals surface area contributed by atoms with Crippen LogP contribution in [-0.2, 0) is 4.74 Å². The van der Waals surface area contributed by atoms with E-state index < -0.39 is 0 Å². The summed E-state index contributed by atoms with van der Waals surface area (Å²) in [5, 5.41) is 2.83. The molecule has 0 bridgehead atoms. The van der Waals surface area contributed by atoms with E-state index in [-0.39, 0.29) is 18.3 Å². The topological polar surface area (TPSA) is 85.9 Å². The highest BCUT2D eigenvalue weighted by atomic mass is 16.6. The monoisotopic (exact) mass is 257 g/mol. The highest BCUT2D eigenvalue weighted by Gasteiger charge is 2.29. The molecule has 0 aromatic heterocycles. The van der Waals surface area contributed by atoms with Crippen molar-refractivity contribution in [1.82, 2.24) is 26.0 Å². The first-order valence-corrected chi connectivity index (χ1v) is 6.16. The number of carbonyl (C=O) groups is 2. The number of amides is 3. The van der Waals surface area contributed by atoms with Crippen molar-refractivity contribution >= 4 is 12.1 Å². The van der Waals surface area contributed by atoms with Gasteiger partial charge in [0.1, 0.15) is 0 Å². The maximum Gasteiger partial charge on any atom is 0.409 e. The van der Waals surface area contributed by atoms with Gasteiger partial charge in [-0.05, 0) is 6.92 Å². The van der Waals surface area contributed by atoms with Crippen LogP contribution in [-0.4, -0.2) is 67.4 Å². The molecule has 2 saturated heterocycles. The molecule has 3 amide bonds. The maximum atomic E-state index is 11.5. The Morgan fingerprint density at radius 1 is 1.39 bits per heavy atom. The van der Waals surface area contributed by atoms with Crippen molar-refractivity contribution in [1.29, 1.82) is 0 Å². The number of hydrogen-bond acceptors (Lipinski definition) is 5. The summed E-state index contributed by atoms with van der Waals surface area (Å²) in [5.74, 6) is 0. The van der Waals surface area contributed by atoms with Gasteiger partial charge in [-0.1, -0.05) is 0 Å². The van der Waals surface area contributed by atoms with E-state index in [0.717, 1.165) is 13.1 Å². The van der Waals surface area contributed by atoms with Crippen molar-refractivity contribution in [3.63, 3.8) is 0 Å². The van der Waals surface area contributed by atoms with Crippen LogP contribution < -0.4 is 16.2 Å². The highest BCUT2D eigenvalue weighted by molar-refractivity contribution is 5.74. The van der Waals surface area contributed by atoms with E-state index in [2.05, 4.69) is 21.1 Å². The second-order valence-corrected chi connectivity index (χ2v) is 4.22. The summed E-state index contributed by atoms with van der Waals surface area (Å²) in [6.45, 7) is 5.54. The summed E-state index contributed by atoms with van der Waals surface area (Å²) in [4.78, 5) is 26.5. The molecule has 0 aromatic carbocycles. The van der Waals surface area contributed by atoms with E-state index in [4.69, 9.17) is 4.74 Å². The number of nitrogens with one attached hydrogen (secondary N) is 3. The zero-order valence-electron chi connectivity index (χ0n) is 10.4. The molecule has 18 heavy (non-hydrogen) atoms. The van der Waals surface area contributed by atoms with Gasteiger partial charge in [0.2, 0.25) is 0 Å². The van der Waals surface area contributed by atoms with Crippen LogP contribution in [0.5, 0.6) is 0 Å². The number of nitrogens with zero attached hydrogens (tertiary/aromatic N) is 2. The van der Waals surface area contributed by atoms with E-state index in [1.54, 1.807) is 11.8 Å². The van der Waals surface area contributed by atoms with Crippen LogP contribution >= 0.6 is 0 Å². The Kier molecular flexibility index (Phi) is 4.21. The molecule has 2 aliphatic heterocycles. The molecule has 1 unspecified atom stereocenters. The molecule has 0 radical (unpaired) electrons. The lowest BCUT2D eigenvalue weighted by Crippen LogP contribution is -2.66. The molecule has 3 N–H and O–H groups in total. The summed E-state index contributed by atoms with van der Waals surface area (Å²) >= 11 is 0. The van der Waals surface area contributed by atoms with Crippen LogP contribution in [0, 0.1) is 0 Å². The molecule has 102 valence electrons. The molecule has 0 aromatic rings. The molecule has 2 fully saturated rings. The van der Waals surface area contributed by atoms with Crippen LogP contribution in [0.3, 0.4) is 0 Å². The van der Waals surface area contributed by atoms with Gasteiger partial charge in [-0.2, -0.15) is 0 Å². The number of rotatable bonds is 2. The van der Waals surface area contributed by atoms with Gasteiger partial charge >= 0.3 is 12.1 Å². The van der Waals surface area contributed by atoms with Crippen LogP contribution in [0.15, 0.2) is 0 Å². The van der Waals surface area contributed by atoms with Crippen molar-refractivity contribution in [2.45, 2.75) is 13.1 Å². The predicted molar refractivity (Wildman–Crippen MR) is 63.6 cm³/mol. The molecule has 2 rings (SSSR count). The second kappa shape index (κ2) is 5.87. The average Bonchev–Trinajstić information content (AvgIpc) is 2.39. The first-order valence-electron chi connectivity index (χ1n) is 6.16. The van der Waals surface area contributed by atoms with E-state index >= 15 is 0 Å². The largest absolute Gasteiger partial charge is 0.450 e. The lowest BCUT2D eigenvalue weighted by atomic mass is 10.3. The zero-order chi connectivity index (χ0) is 13.0. The SMILES string of the molecule is CCOC(=O)N1CCN(C2CNNC(=O)N2)CC1. The van der Waals surface area contributed by atoms with Gasteiger partial charge in [-0.25, -0.2) is 15.0 Å². The fraction of sp³-hybridized carbons (Fsp3) is 0.800. The summed E-state index contributed by atoms with van der Waals surface area (Å²) in [6, 6.07) is -0.223. The minimum absolute atomic E-state index is 0.0249. The van der Waals surface area contributed by atoms with Gasteiger partial charge < -0.3 is 15.0 Å². The van der Waals surface area contributed by atoms with Crippen LogP contribution in [0.25, 0.3) is 0 Å². The number of carbonyl (C=O) groups excluding carboxylic acids is 2. The Bertz CT molecular complexity index is 317. The third kappa shape index (κ3) is 3.02. The third-order valence-corrected chi connectivity index (χ3v) is 3.08. The van der Waals surface area contributed by atoms with Crippen LogP contribution in [0.2, 0.25) is 0 Å². The maximum absolute atomic E-state index is 11.5. The Hall–Kier alpha value is -1.54. The minimum atomic E-state index is -0.260. The molecule has 8 heteroatoms. The number of urea groups is 1. The van der Waals surface area contributed by atoms with Crippen molar-refractivity contribution in [2.24, 2.45) is 0 Å². The highest BCUT2D eigenvalue weighted by Crippen LogP contribution is 2.07. The van der Waals surface area contributed by atoms with E-state index in [0.29, 0.717) is 26.2 Å². The quantitative estimate of drug-likeness (QED) is 0.585. The number of ether oxygens (including phenoxy) is 1. The zero-order valence-corrected chi connectivity index (χ0v) is 10.4. The van der Waals surface area contributed by atoms with Crippen molar-refractivity contribution in [3.8, 4) is 0 Å².